The molecule has 2 heterocycles. The second kappa shape index (κ2) is 6.95. The number of ether oxygens (including phenoxy) is 1. The Bertz CT molecular complexity index is 1150. The number of benzene rings is 1. The topological polar surface area (TPSA) is 124 Å². The number of nitrogens with zero attached hydrogens (tertiary/aromatic N) is 4. The van der Waals surface area contributed by atoms with Gasteiger partial charge in [0, 0.05) is 11.6 Å². The van der Waals surface area contributed by atoms with Gasteiger partial charge in [0.05, 0.1) is 17.0 Å². The van der Waals surface area contributed by atoms with Gasteiger partial charge in [0.25, 0.3) is 10.1 Å². The molecule has 0 aliphatic heterocycles. The number of esters is 1. The third kappa shape index (κ3) is 4.52. The van der Waals surface area contributed by atoms with Crippen LogP contribution in [0.3, 0.4) is 0 Å². The van der Waals surface area contributed by atoms with Gasteiger partial charge in [-0.15, -0.1) is 5.10 Å². The fourth-order valence-corrected chi connectivity index (χ4v) is 3.10. The average molecular weight is 404 g/mol. The molecule has 0 saturated carbocycles. The minimum absolute atomic E-state index is 0.0459. The van der Waals surface area contributed by atoms with Crippen LogP contribution in [0, 0.1) is 6.92 Å². The molecular formula is C18H20N4O5S. The van der Waals surface area contributed by atoms with E-state index < -0.39 is 21.7 Å². The first-order chi connectivity index (χ1) is 12.9. The van der Waals surface area contributed by atoms with Crippen LogP contribution < -0.4 is 0 Å². The van der Waals surface area contributed by atoms with Crippen LogP contribution in [0.5, 0.6) is 0 Å². The van der Waals surface area contributed by atoms with Crippen molar-refractivity contribution in [3.05, 3.63) is 41.9 Å². The summed E-state index contributed by atoms with van der Waals surface area (Å²) in [7, 11) is -4.30. The van der Waals surface area contributed by atoms with Gasteiger partial charge >= 0.3 is 5.97 Å². The van der Waals surface area contributed by atoms with E-state index in [0.29, 0.717) is 28.6 Å². The summed E-state index contributed by atoms with van der Waals surface area (Å²) in [5.41, 5.74) is 0.886. The fraction of sp³-hybridized carbons (Fsp3) is 0.333. The van der Waals surface area contributed by atoms with Crippen molar-refractivity contribution >= 4 is 21.7 Å². The lowest BCUT2D eigenvalue weighted by molar-refractivity contribution is -0.153. The van der Waals surface area contributed by atoms with Crippen molar-refractivity contribution in [3.8, 4) is 11.4 Å². The van der Waals surface area contributed by atoms with E-state index in [0.717, 1.165) is 0 Å². The van der Waals surface area contributed by atoms with Crippen LogP contribution in [0.4, 0.5) is 0 Å². The first-order valence-electron chi connectivity index (χ1n) is 8.45. The van der Waals surface area contributed by atoms with Crippen molar-refractivity contribution < 1.29 is 22.5 Å². The molecule has 3 rings (SSSR count). The molecule has 0 atom stereocenters. The van der Waals surface area contributed by atoms with E-state index in [9.17, 15) is 13.2 Å². The molecular weight excluding hydrogens is 384 g/mol. The molecule has 0 fully saturated rings. The van der Waals surface area contributed by atoms with E-state index in [-0.39, 0.29) is 11.3 Å². The highest BCUT2D eigenvalue weighted by atomic mass is 32.2. The van der Waals surface area contributed by atoms with Gasteiger partial charge in [0.2, 0.25) is 0 Å². The van der Waals surface area contributed by atoms with Crippen LogP contribution in [-0.4, -0.2) is 44.1 Å². The molecule has 0 bridgehead atoms. The second-order valence-electron chi connectivity index (χ2n) is 7.26. The summed E-state index contributed by atoms with van der Waals surface area (Å²) < 4.78 is 38.5. The van der Waals surface area contributed by atoms with E-state index in [1.165, 1.54) is 28.8 Å². The smallest absolute Gasteiger partial charge is 0.312 e. The Morgan fingerprint density at radius 3 is 2.39 bits per heavy atom. The van der Waals surface area contributed by atoms with Crippen LogP contribution in [-0.2, 0) is 26.1 Å². The van der Waals surface area contributed by atoms with Crippen LogP contribution >= 0.6 is 0 Å². The summed E-state index contributed by atoms with van der Waals surface area (Å²) in [6.07, 6.45) is -0.0459. The predicted molar refractivity (Wildman–Crippen MR) is 100 cm³/mol. The highest BCUT2D eigenvalue weighted by molar-refractivity contribution is 7.85. The van der Waals surface area contributed by atoms with Crippen LogP contribution in [0.1, 0.15) is 32.3 Å². The first-order valence-corrected chi connectivity index (χ1v) is 9.89. The minimum Gasteiger partial charge on any atom is -0.460 e. The fourth-order valence-electron chi connectivity index (χ4n) is 2.62. The Balaban J connectivity index is 2.05. The quantitative estimate of drug-likeness (QED) is 0.519. The van der Waals surface area contributed by atoms with Crippen molar-refractivity contribution in [2.24, 2.45) is 0 Å². The molecule has 1 N–H and O–H groups in total. The highest BCUT2D eigenvalue weighted by Gasteiger charge is 2.19. The van der Waals surface area contributed by atoms with E-state index in [1.807, 2.05) is 0 Å². The molecule has 9 nitrogen and oxygen atoms in total. The Labute approximate surface area is 162 Å². The average Bonchev–Trinajstić information content (AvgIpc) is 2.91. The zero-order valence-corrected chi connectivity index (χ0v) is 16.7. The first kappa shape index (κ1) is 19.9. The lowest BCUT2D eigenvalue weighted by Crippen LogP contribution is -2.25. The standard InChI is InChI=1S/C18H20N4O5S/c1-11-19-15-9-13(10-16(23)27-18(2,3)4)20-17(22(15)21-11)12-5-7-14(8-6-12)28(24,25)26/h5-9H,10H2,1-4H3,(H,24,25,26). The van der Waals surface area contributed by atoms with Gasteiger partial charge in [0.1, 0.15) is 11.4 Å². The Morgan fingerprint density at radius 1 is 1.18 bits per heavy atom. The molecule has 0 spiro atoms. The number of rotatable bonds is 4. The molecule has 10 heteroatoms. The number of fused-ring (bicyclic) bond motifs is 1. The van der Waals surface area contributed by atoms with Crippen molar-refractivity contribution in [2.45, 2.75) is 44.6 Å². The van der Waals surface area contributed by atoms with Gasteiger partial charge in [-0.3, -0.25) is 9.35 Å². The van der Waals surface area contributed by atoms with Gasteiger partial charge in [-0.05, 0) is 52.0 Å². The molecule has 0 amide bonds. The van der Waals surface area contributed by atoms with Gasteiger partial charge in [-0.2, -0.15) is 12.9 Å². The minimum atomic E-state index is -4.30. The summed E-state index contributed by atoms with van der Waals surface area (Å²) in [5.74, 6) is 0.485. The van der Waals surface area contributed by atoms with Gasteiger partial charge in [0.15, 0.2) is 11.5 Å². The Morgan fingerprint density at radius 2 is 1.82 bits per heavy atom. The van der Waals surface area contributed by atoms with E-state index >= 15 is 0 Å². The normalized spacial score (nSPS) is 12.3. The molecule has 0 aliphatic carbocycles. The Hall–Kier alpha value is -2.85. The maximum atomic E-state index is 12.2. The van der Waals surface area contributed by atoms with E-state index in [4.69, 9.17) is 9.29 Å². The molecule has 148 valence electrons. The van der Waals surface area contributed by atoms with Gasteiger partial charge in [-0.25, -0.2) is 9.97 Å². The third-order valence-electron chi connectivity index (χ3n) is 3.64. The van der Waals surface area contributed by atoms with Crippen LogP contribution in [0.15, 0.2) is 35.2 Å². The lowest BCUT2D eigenvalue weighted by Gasteiger charge is -2.19. The summed E-state index contributed by atoms with van der Waals surface area (Å²) >= 11 is 0. The number of carbonyl (C=O) groups excluding carboxylic acids is 1. The Kier molecular flexibility index (Phi) is 4.94. The SMILES string of the molecule is Cc1nc2cc(CC(=O)OC(C)(C)C)nc(-c3ccc(S(=O)(=O)O)cc3)n2n1. The zero-order chi connectivity index (χ0) is 20.7. The maximum Gasteiger partial charge on any atom is 0.312 e. The molecule has 3 aromatic rings. The molecule has 1 aromatic carbocycles. The number of aromatic nitrogens is 4. The molecule has 2 aromatic heterocycles. The largest absolute Gasteiger partial charge is 0.460 e. The van der Waals surface area contributed by atoms with E-state index in [2.05, 4.69) is 15.1 Å². The van der Waals surface area contributed by atoms with Crippen molar-refractivity contribution in [3.63, 3.8) is 0 Å². The molecule has 0 saturated heterocycles. The molecule has 0 aliphatic rings. The number of aryl methyl sites for hydroxylation is 1. The van der Waals surface area contributed by atoms with E-state index in [1.54, 1.807) is 33.8 Å². The predicted octanol–water partition coefficient (Wildman–Crippen LogP) is 2.23. The summed E-state index contributed by atoms with van der Waals surface area (Å²) in [6, 6.07) is 7.18. The molecule has 0 radical (unpaired) electrons. The van der Waals surface area contributed by atoms with Gasteiger partial charge in [-0.1, -0.05) is 0 Å². The lowest BCUT2D eigenvalue weighted by atomic mass is 10.2. The zero-order valence-electron chi connectivity index (χ0n) is 15.9. The van der Waals surface area contributed by atoms with Crippen molar-refractivity contribution in [1.82, 2.24) is 19.6 Å². The second-order valence-corrected chi connectivity index (χ2v) is 8.68. The molecule has 28 heavy (non-hydrogen) atoms. The maximum absolute atomic E-state index is 12.2. The monoisotopic (exact) mass is 404 g/mol. The molecule has 0 unspecified atom stereocenters. The number of hydrogen-bond donors (Lipinski definition) is 1. The summed E-state index contributed by atoms with van der Waals surface area (Å²) in [5, 5.41) is 4.30. The van der Waals surface area contributed by atoms with Crippen LogP contribution in [0.2, 0.25) is 0 Å². The third-order valence-corrected chi connectivity index (χ3v) is 4.51. The van der Waals surface area contributed by atoms with Crippen LogP contribution in [0.25, 0.3) is 17.0 Å². The number of carbonyl (C=O) groups is 1. The summed E-state index contributed by atoms with van der Waals surface area (Å²) in [6.45, 7) is 7.08. The highest BCUT2D eigenvalue weighted by Crippen LogP contribution is 2.22. The van der Waals surface area contributed by atoms with Crippen molar-refractivity contribution in [2.75, 3.05) is 0 Å². The van der Waals surface area contributed by atoms with Crippen molar-refractivity contribution in [1.29, 1.82) is 0 Å². The van der Waals surface area contributed by atoms with Gasteiger partial charge < -0.3 is 4.74 Å². The number of hydrogen-bond acceptors (Lipinski definition) is 7. The summed E-state index contributed by atoms with van der Waals surface area (Å²) in [4.78, 5) is 20.8.